The van der Waals surface area contributed by atoms with Gasteiger partial charge in [-0.05, 0) is 277 Å². The van der Waals surface area contributed by atoms with Gasteiger partial charge in [0.25, 0.3) is 23.6 Å². The Balaban J connectivity index is 0.759. The lowest BCUT2D eigenvalue weighted by Gasteiger charge is -2.47. The van der Waals surface area contributed by atoms with E-state index in [1.807, 2.05) is 75.7 Å². The number of carbonyl (C=O) groups excluding carboxylic acids is 4. The zero-order valence-corrected chi connectivity index (χ0v) is 108. The Bertz CT molecular complexity index is 5090. The van der Waals surface area contributed by atoms with Gasteiger partial charge < -0.3 is 123 Å². The molecule has 814 valence electrons. The molecule has 145 heavy (non-hydrogen) atoms. The maximum absolute atomic E-state index is 15.8. The molecule has 0 aliphatic carbocycles. The number of hydrogen-bond donors (Lipinski definition) is 0. The molecule has 0 radical (unpaired) electrons. The van der Waals surface area contributed by atoms with E-state index in [-0.39, 0.29) is 125 Å². The first-order valence-electron chi connectivity index (χ1n) is 52.0. The highest BCUT2D eigenvalue weighted by atomic mass is 28.6. The number of fused-ring (bicyclic) bond motifs is 2. The van der Waals surface area contributed by atoms with Crippen molar-refractivity contribution in [3.05, 3.63) is 82.9 Å². The second kappa shape index (κ2) is 49.9. The summed E-state index contributed by atoms with van der Waals surface area (Å²) < 4.78 is 180. The molecule has 6 aliphatic rings. The largest absolute Gasteiger partial charge is 0.487 e. The van der Waals surface area contributed by atoms with E-state index in [1.165, 1.54) is 0 Å². The Morgan fingerprint density at radius 1 is 0.241 bits per heavy atom. The van der Waals surface area contributed by atoms with Crippen LogP contribution < -0.4 is 19.1 Å². The summed E-state index contributed by atoms with van der Waals surface area (Å²) >= 11 is 0. The number of imide groups is 2. The van der Waals surface area contributed by atoms with Crippen molar-refractivity contribution < 1.29 is 142 Å². The first-order valence-corrected chi connectivity index (χ1v) is 95.9. The third-order valence-electron chi connectivity index (χ3n) is 25.1. The quantitative estimate of drug-likeness (QED) is 0.0113. The maximum atomic E-state index is 15.8. The van der Waals surface area contributed by atoms with Crippen molar-refractivity contribution in [2.45, 2.75) is 284 Å². The van der Waals surface area contributed by atoms with Crippen LogP contribution in [0.25, 0.3) is 43.1 Å². The summed E-state index contributed by atoms with van der Waals surface area (Å²) in [5.74, 6) is -1.34. The van der Waals surface area contributed by atoms with E-state index < -0.39 is 149 Å². The Kier molecular flexibility index (Phi) is 41.4. The topological polar surface area (TPSA) is 333 Å². The number of amides is 4. The summed E-state index contributed by atoms with van der Waals surface area (Å²) in [7, 11) is -39.3. The molecule has 0 spiro atoms. The van der Waals surface area contributed by atoms with Gasteiger partial charge in [0, 0.05) is 77.6 Å². The van der Waals surface area contributed by atoms with Crippen LogP contribution in [0.2, 0.25) is 207 Å². The summed E-state index contributed by atoms with van der Waals surface area (Å²) in [5.41, 5.74) is 1.60. The number of ether oxygens (including phenoxy) is 12. The highest BCUT2D eigenvalue weighted by Gasteiger charge is 2.58. The van der Waals surface area contributed by atoms with Gasteiger partial charge in [-0.1, -0.05) is 75.6 Å². The average molecular weight is 2300 g/mol. The number of benzene rings is 6. The Morgan fingerprint density at radius 2 is 0.483 bits per heavy atom. The lowest BCUT2D eigenvalue weighted by atomic mass is 9.82. The van der Waals surface area contributed by atoms with Crippen LogP contribution in [0.1, 0.15) is 112 Å². The second-order valence-electron chi connectivity index (χ2n) is 44.7. The van der Waals surface area contributed by atoms with Crippen LogP contribution in [-0.4, -0.2) is 311 Å². The maximum Gasteiger partial charge on any atom is 0.319 e. The Hall–Kier alpha value is -3.23. The summed E-state index contributed by atoms with van der Waals surface area (Å²) in [5, 5.41) is 5.58. The summed E-state index contributed by atoms with van der Waals surface area (Å²) in [6.45, 7) is 63.6. The van der Waals surface area contributed by atoms with E-state index in [1.54, 1.807) is 36.3 Å². The van der Waals surface area contributed by atoms with Crippen molar-refractivity contribution in [3.63, 3.8) is 0 Å². The van der Waals surface area contributed by atoms with Gasteiger partial charge in [0.1, 0.15) is 19.8 Å². The third kappa shape index (κ3) is 34.4. The molecule has 4 amide bonds. The van der Waals surface area contributed by atoms with Crippen molar-refractivity contribution in [1.82, 2.24) is 4.90 Å². The molecule has 0 bridgehead atoms. The Labute approximate surface area is 878 Å². The number of nitrogens with zero attached hydrogens (tertiary/aromatic N) is 2. The van der Waals surface area contributed by atoms with E-state index in [4.69, 9.17) is 123 Å². The lowest BCUT2D eigenvalue weighted by molar-refractivity contribution is 0.00843. The number of anilines is 1. The van der Waals surface area contributed by atoms with Crippen LogP contribution in [0.3, 0.4) is 0 Å². The van der Waals surface area contributed by atoms with Crippen molar-refractivity contribution in [2.24, 2.45) is 0 Å². The van der Waals surface area contributed by atoms with Crippen LogP contribution in [0, 0.1) is 0 Å². The fourth-order valence-electron chi connectivity index (χ4n) is 22.2. The van der Waals surface area contributed by atoms with E-state index in [0.29, 0.717) is 106 Å². The van der Waals surface area contributed by atoms with Gasteiger partial charge in [0.05, 0.1) is 105 Å². The minimum absolute atomic E-state index is 0.00336. The SMILES string of the molecule is COCCOCCOCCOc1c(OCCOCCOCCOCCC[Si]2(C)O[Si](C)(C)O[Si](C)(C)O[Si](C)(C)O2)cc(N2C(=O)c3ccc4c5ccc6c7c(ccc(c8ccc(c3c48)C2=O)c75)C(=O)N(C(CCCCCC[Si]2(C)O[Si](C)(C)O[Si](C)(C)O[Si](C)(C)O2)CCCCCC[Si]2(C)O[Si](C)(C)O[Si](C)(C)O[Si](C)(C)O2)C6=O)cc1OCCOCCOCCOCC[Si]1(C)O[Si](C)(C)O[Si](C)(C)O[Si](C)(C)O1. The van der Waals surface area contributed by atoms with Gasteiger partial charge in [0.15, 0.2) is 11.5 Å². The highest BCUT2D eigenvalue weighted by Crippen LogP contribution is 2.51. The fraction of sp³-hybridized carbons (Fsp3) is 0.684. The van der Waals surface area contributed by atoms with Crippen molar-refractivity contribution in [2.75, 3.05) is 144 Å². The molecule has 50 heteroatoms. The van der Waals surface area contributed by atoms with Gasteiger partial charge >= 0.3 is 137 Å². The van der Waals surface area contributed by atoms with Gasteiger partial charge in [0.2, 0.25) is 5.75 Å². The smallest absolute Gasteiger partial charge is 0.319 e. The molecule has 0 atom stereocenters. The van der Waals surface area contributed by atoms with E-state index in [0.717, 1.165) is 108 Å². The zero-order chi connectivity index (χ0) is 106. The van der Waals surface area contributed by atoms with Gasteiger partial charge in [-0.2, -0.15) is 0 Å². The van der Waals surface area contributed by atoms with E-state index in [9.17, 15) is 0 Å². The molecule has 6 heterocycles. The van der Waals surface area contributed by atoms with Gasteiger partial charge in [-0.25, -0.2) is 4.90 Å². The van der Waals surface area contributed by atoms with Crippen LogP contribution in [0.15, 0.2) is 60.7 Å². The van der Waals surface area contributed by atoms with Crippen LogP contribution in [0.4, 0.5) is 5.69 Å². The molecule has 6 aromatic rings. The molecule has 4 fully saturated rings. The first-order chi connectivity index (χ1) is 67.7. The minimum atomic E-state index is -2.72. The average Bonchev–Trinajstić information content (AvgIpc) is 0.685. The third-order valence-corrected chi connectivity index (χ3v) is 91.0. The molecule has 0 saturated carbocycles. The monoisotopic (exact) mass is 2300 g/mol. The predicted octanol–water partition coefficient (Wildman–Crippen LogP) is 20.7. The molecule has 0 aromatic heterocycles. The Morgan fingerprint density at radius 3 is 0.786 bits per heavy atom. The zero-order valence-electron chi connectivity index (χ0n) is 92.1. The standard InChI is InChI=1S/C95H168N2O32Si16/c1-102-50-51-104-54-57-109-64-67-113-91-85(111-65-62-107-58-55-105-53-52-103-49-38-71-144(28)126-138(18,19)118-132(6,7)119-139(20,21)127-144)73-76(74-86(91)112-66-63-108-59-56-106-60-61-110-68-72-145(29)128-140(22,23)120-133(8,9)121-141(24,25)129-145)97-94(100)83-47-43-79-77-41-45-81-89-82(46-42-78(87(77)89)80-44-48-84(95(97)101)90(83)88(79)80)93(99)96(92(81)98)75(39-34-30-32-36-69-142(26)122-134(10,11)114-130(2,3)115-135(12,13)123-142)40-35-31-33-37-70-143(27)124-136(14,15)116-131(4,5)117-137(16,17)125-143/h41-48,73-75H,30-40,49-72H2,1-29H3. The number of hydrogen-bond acceptors (Lipinski definition) is 32. The van der Waals surface area contributed by atoms with Crippen LogP contribution >= 0.6 is 0 Å². The molecule has 6 aromatic carbocycles. The molecule has 4 saturated heterocycles. The van der Waals surface area contributed by atoms with Crippen molar-refractivity contribution >= 4 is 209 Å². The summed E-state index contributed by atoms with van der Waals surface area (Å²) in [6, 6.07) is 20.8. The molecular weight excluding hydrogens is 2130 g/mol. The molecule has 12 rings (SSSR count). The predicted molar refractivity (Wildman–Crippen MR) is 598 cm³/mol. The number of unbranched alkanes of at least 4 members (excludes halogenated alkanes) is 6. The highest BCUT2D eigenvalue weighted by molar-refractivity contribution is 6.96. The molecule has 6 aliphatic heterocycles. The molecular formula is C95H168N2O32Si16. The van der Waals surface area contributed by atoms with Crippen LogP contribution in [0.5, 0.6) is 17.2 Å². The molecule has 0 unspecified atom stereocenters. The normalized spacial score (nSPS) is 21.9. The first kappa shape index (κ1) is 120. The number of methoxy groups -OCH3 is 1. The van der Waals surface area contributed by atoms with E-state index >= 15 is 19.2 Å². The number of rotatable bonds is 53. The van der Waals surface area contributed by atoms with Crippen molar-refractivity contribution in [1.29, 1.82) is 0 Å². The lowest BCUT2D eigenvalue weighted by Crippen LogP contribution is -2.65. The van der Waals surface area contributed by atoms with E-state index in [2.05, 4.69) is 144 Å². The number of carbonyl (C=O) groups is 4. The van der Waals surface area contributed by atoms with Gasteiger partial charge in [-0.15, -0.1) is 0 Å². The molecule has 34 nitrogen and oxygen atoms in total. The summed E-state index contributed by atoms with van der Waals surface area (Å²) in [6.07, 6.45) is 9.02. The second-order valence-corrected chi connectivity index (χ2v) is 102. The fourth-order valence-corrected chi connectivity index (χ4v) is 108. The van der Waals surface area contributed by atoms with Crippen molar-refractivity contribution in [3.8, 4) is 17.2 Å². The van der Waals surface area contributed by atoms with Gasteiger partial charge in [-0.3, -0.25) is 24.1 Å². The summed E-state index contributed by atoms with van der Waals surface area (Å²) in [4.78, 5) is 65.9. The minimum Gasteiger partial charge on any atom is -0.487 e. The van der Waals surface area contributed by atoms with Crippen LogP contribution in [-0.2, 0) is 108 Å². The molecule has 0 N–H and O–H groups in total.